The fourth-order valence-corrected chi connectivity index (χ4v) is 2.13. The molecule has 0 rings (SSSR count). The number of unbranched alkanes of at least 4 members (excludes halogenated alkanes) is 2. The third kappa shape index (κ3) is 11.4. The molecule has 0 radical (unpaired) electrons. The molecule has 0 amide bonds. The summed E-state index contributed by atoms with van der Waals surface area (Å²) in [6.45, 7) is 17.6. The molecule has 0 atom stereocenters. The lowest BCUT2D eigenvalue weighted by Crippen LogP contribution is -2.31. The summed E-state index contributed by atoms with van der Waals surface area (Å²) in [5.74, 6) is 0. The molecule has 19 heavy (non-hydrogen) atoms. The quantitative estimate of drug-likeness (QED) is 0.451. The Morgan fingerprint density at radius 1 is 0.632 bits per heavy atom. The average Bonchev–Trinajstić information content (AvgIpc) is 2.44. The SMILES string of the molecule is CCCCN(CCCC)CCOCCN(CC)CC. The van der Waals surface area contributed by atoms with Gasteiger partial charge in [-0.1, -0.05) is 40.5 Å². The summed E-state index contributed by atoms with van der Waals surface area (Å²) in [7, 11) is 0. The molecular formula is C16H36N2O. The van der Waals surface area contributed by atoms with E-state index in [1.165, 1.54) is 38.8 Å². The molecule has 0 bridgehead atoms. The molecule has 116 valence electrons. The minimum atomic E-state index is 0.872. The van der Waals surface area contributed by atoms with Gasteiger partial charge in [-0.15, -0.1) is 0 Å². The van der Waals surface area contributed by atoms with E-state index in [4.69, 9.17) is 4.74 Å². The van der Waals surface area contributed by atoms with Crippen molar-refractivity contribution in [1.82, 2.24) is 9.80 Å². The van der Waals surface area contributed by atoms with Crippen LogP contribution in [-0.2, 0) is 4.74 Å². The van der Waals surface area contributed by atoms with Crippen molar-refractivity contribution in [3.8, 4) is 0 Å². The molecule has 0 N–H and O–H groups in total. The van der Waals surface area contributed by atoms with Crippen LogP contribution in [0.2, 0.25) is 0 Å². The Balaban J connectivity index is 3.61. The monoisotopic (exact) mass is 272 g/mol. The smallest absolute Gasteiger partial charge is 0.0594 e. The molecule has 0 heterocycles. The van der Waals surface area contributed by atoms with Crippen molar-refractivity contribution in [2.45, 2.75) is 53.4 Å². The highest BCUT2D eigenvalue weighted by Crippen LogP contribution is 1.99. The van der Waals surface area contributed by atoms with E-state index in [1.807, 2.05) is 0 Å². The second-order valence-corrected chi connectivity index (χ2v) is 5.19. The molecule has 0 spiro atoms. The number of hydrogen-bond acceptors (Lipinski definition) is 3. The van der Waals surface area contributed by atoms with Crippen LogP contribution in [0.3, 0.4) is 0 Å². The van der Waals surface area contributed by atoms with Gasteiger partial charge in [-0.25, -0.2) is 0 Å². The summed E-state index contributed by atoms with van der Waals surface area (Å²) in [5, 5.41) is 0. The van der Waals surface area contributed by atoms with E-state index in [-0.39, 0.29) is 0 Å². The van der Waals surface area contributed by atoms with Crippen molar-refractivity contribution in [3.63, 3.8) is 0 Å². The summed E-state index contributed by atoms with van der Waals surface area (Å²) in [6, 6.07) is 0. The Morgan fingerprint density at radius 3 is 1.53 bits per heavy atom. The zero-order chi connectivity index (χ0) is 14.3. The van der Waals surface area contributed by atoms with E-state index in [2.05, 4.69) is 37.5 Å². The first-order valence-corrected chi connectivity index (χ1v) is 8.30. The fraction of sp³-hybridized carbons (Fsp3) is 1.00. The number of rotatable bonds is 14. The summed E-state index contributed by atoms with van der Waals surface area (Å²) >= 11 is 0. The van der Waals surface area contributed by atoms with Gasteiger partial charge in [-0.05, 0) is 39.0 Å². The van der Waals surface area contributed by atoms with Gasteiger partial charge in [0.05, 0.1) is 13.2 Å². The van der Waals surface area contributed by atoms with Crippen LogP contribution in [0.5, 0.6) is 0 Å². The molecule has 0 aromatic carbocycles. The highest BCUT2D eigenvalue weighted by atomic mass is 16.5. The third-order valence-corrected chi connectivity index (χ3v) is 3.65. The molecule has 0 aromatic heterocycles. The molecule has 3 nitrogen and oxygen atoms in total. The second-order valence-electron chi connectivity index (χ2n) is 5.19. The Kier molecular flexibility index (Phi) is 14.2. The highest BCUT2D eigenvalue weighted by Gasteiger charge is 2.04. The van der Waals surface area contributed by atoms with E-state index < -0.39 is 0 Å². The lowest BCUT2D eigenvalue weighted by atomic mass is 10.2. The van der Waals surface area contributed by atoms with Gasteiger partial charge < -0.3 is 14.5 Å². The molecule has 0 saturated heterocycles. The van der Waals surface area contributed by atoms with E-state index in [1.54, 1.807) is 0 Å². The maximum absolute atomic E-state index is 5.77. The lowest BCUT2D eigenvalue weighted by Gasteiger charge is -2.22. The molecule has 0 unspecified atom stereocenters. The lowest BCUT2D eigenvalue weighted by molar-refractivity contribution is 0.0843. The summed E-state index contributed by atoms with van der Waals surface area (Å²) in [6.07, 6.45) is 5.18. The van der Waals surface area contributed by atoms with Crippen molar-refractivity contribution in [2.75, 3.05) is 52.5 Å². The van der Waals surface area contributed by atoms with Gasteiger partial charge in [0.2, 0.25) is 0 Å². The molecule has 0 aromatic rings. The standard InChI is InChI=1S/C16H36N2O/c1-5-9-11-18(12-10-6-2)14-16-19-15-13-17(7-3)8-4/h5-16H2,1-4H3. The Bertz CT molecular complexity index is 164. The van der Waals surface area contributed by atoms with E-state index in [9.17, 15) is 0 Å². The molecular weight excluding hydrogens is 236 g/mol. The van der Waals surface area contributed by atoms with Crippen molar-refractivity contribution in [1.29, 1.82) is 0 Å². The van der Waals surface area contributed by atoms with Crippen LogP contribution in [0.4, 0.5) is 0 Å². The first-order valence-electron chi connectivity index (χ1n) is 8.30. The van der Waals surface area contributed by atoms with Gasteiger partial charge >= 0.3 is 0 Å². The molecule has 0 fully saturated rings. The number of ether oxygens (including phenoxy) is 1. The van der Waals surface area contributed by atoms with Gasteiger partial charge in [0.1, 0.15) is 0 Å². The van der Waals surface area contributed by atoms with Crippen LogP contribution in [-0.4, -0.2) is 62.3 Å². The zero-order valence-electron chi connectivity index (χ0n) is 13.8. The maximum Gasteiger partial charge on any atom is 0.0594 e. The second kappa shape index (κ2) is 14.3. The molecule has 0 aliphatic carbocycles. The molecule has 0 aliphatic heterocycles. The van der Waals surface area contributed by atoms with Crippen LogP contribution in [0.15, 0.2) is 0 Å². The Morgan fingerprint density at radius 2 is 1.11 bits per heavy atom. The minimum absolute atomic E-state index is 0.872. The minimum Gasteiger partial charge on any atom is -0.379 e. The summed E-state index contributed by atoms with van der Waals surface area (Å²) in [5.41, 5.74) is 0. The van der Waals surface area contributed by atoms with Crippen molar-refractivity contribution in [2.24, 2.45) is 0 Å². The summed E-state index contributed by atoms with van der Waals surface area (Å²) in [4.78, 5) is 4.97. The Labute approximate surface area is 121 Å². The van der Waals surface area contributed by atoms with Crippen molar-refractivity contribution < 1.29 is 4.74 Å². The predicted molar refractivity (Wildman–Crippen MR) is 84.9 cm³/mol. The number of likely N-dealkylation sites (N-methyl/N-ethyl adjacent to an activating group) is 1. The zero-order valence-corrected chi connectivity index (χ0v) is 13.8. The molecule has 3 heteroatoms. The van der Waals surface area contributed by atoms with E-state index in [0.717, 1.165) is 39.4 Å². The normalized spacial score (nSPS) is 11.7. The van der Waals surface area contributed by atoms with Crippen LogP contribution in [0.25, 0.3) is 0 Å². The predicted octanol–water partition coefficient (Wildman–Crippen LogP) is 3.25. The van der Waals surface area contributed by atoms with Gasteiger partial charge in [0, 0.05) is 13.1 Å². The Hall–Kier alpha value is -0.120. The van der Waals surface area contributed by atoms with Crippen molar-refractivity contribution in [3.05, 3.63) is 0 Å². The maximum atomic E-state index is 5.77. The third-order valence-electron chi connectivity index (χ3n) is 3.65. The van der Waals surface area contributed by atoms with E-state index in [0.29, 0.717) is 0 Å². The van der Waals surface area contributed by atoms with Gasteiger partial charge in [-0.2, -0.15) is 0 Å². The van der Waals surface area contributed by atoms with Gasteiger partial charge in [-0.3, -0.25) is 0 Å². The van der Waals surface area contributed by atoms with Crippen molar-refractivity contribution >= 4 is 0 Å². The largest absolute Gasteiger partial charge is 0.379 e. The van der Waals surface area contributed by atoms with Crippen LogP contribution < -0.4 is 0 Å². The first-order chi connectivity index (χ1) is 9.28. The summed E-state index contributed by atoms with van der Waals surface area (Å²) < 4.78 is 5.77. The van der Waals surface area contributed by atoms with Crippen LogP contribution >= 0.6 is 0 Å². The highest BCUT2D eigenvalue weighted by molar-refractivity contribution is 4.58. The fourth-order valence-electron chi connectivity index (χ4n) is 2.13. The number of nitrogens with zero attached hydrogens (tertiary/aromatic N) is 2. The van der Waals surface area contributed by atoms with Gasteiger partial charge in [0.15, 0.2) is 0 Å². The van der Waals surface area contributed by atoms with Crippen LogP contribution in [0.1, 0.15) is 53.4 Å². The molecule has 0 aliphatic rings. The van der Waals surface area contributed by atoms with Gasteiger partial charge in [0.25, 0.3) is 0 Å². The van der Waals surface area contributed by atoms with Crippen LogP contribution in [0, 0.1) is 0 Å². The average molecular weight is 272 g/mol. The molecule has 0 saturated carbocycles. The number of hydrogen-bond donors (Lipinski definition) is 0. The topological polar surface area (TPSA) is 15.7 Å². The van der Waals surface area contributed by atoms with E-state index >= 15 is 0 Å². The first kappa shape index (κ1) is 18.9.